The van der Waals surface area contributed by atoms with Crippen molar-refractivity contribution in [2.45, 2.75) is 31.3 Å². The number of nitrogens with zero attached hydrogens (tertiary/aromatic N) is 2. The number of terminal acetylenes is 2. The zero-order valence-electron chi connectivity index (χ0n) is 14.4. The van der Waals surface area contributed by atoms with Crippen LogP contribution in [0.15, 0.2) is 0 Å². The molecular formula is C13H20Cl8N4S4. The topological polar surface area (TPSA) is 75.7 Å². The van der Waals surface area contributed by atoms with Crippen LogP contribution in [0.25, 0.3) is 0 Å². The molecule has 0 fully saturated rings. The lowest BCUT2D eigenvalue weighted by atomic mass is 10.8. The Labute approximate surface area is 233 Å². The van der Waals surface area contributed by atoms with Gasteiger partial charge in [0.2, 0.25) is 4.47 Å². The number of rotatable bonds is 0. The maximum Gasteiger partial charge on any atom is 0.251 e. The number of aryl methyl sites for hydroxylation is 1. The van der Waals surface area contributed by atoms with E-state index in [2.05, 4.69) is 80.7 Å². The SMILES string of the molecule is C.C#C.C#CC.CC(=N)N.Cc1nsc(Cl)n1.Cl.ClCl.ClSC(Cl)(Cl)Cl.S=C=S. The predicted molar refractivity (Wildman–Crippen MR) is 151 cm³/mol. The molecule has 0 aliphatic rings. The van der Waals surface area contributed by atoms with E-state index in [4.69, 9.17) is 68.2 Å². The molecule has 0 radical (unpaired) electrons. The van der Waals surface area contributed by atoms with Crippen LogP contribution in [0, 0.1) is 37.5 Å². The van der Waals surface area contributed by atoms with Gasteiger partial charge in [-0.3, -0.25) is 5.41 Å². The molecule has 29 heavy (non-hydrogen) atoms. The Morgan fingerprint density at radius 2 is 1.48 bits per heavy atom. The number of amidine groups is 1. The van der Waals surface area contributed by atoms with E-state index in [1.807, 2.05) is 11.2 Å². The summed E-state index contributed by atoms with van der Waals surface area (Å²) in [6.07, 6.45) is 12.6. The van der Waals surface area contributed by atoms with Gasteiger partial charge >= 0.3 is 0 Å². The number of halogens is 8. The molecule has 0 unspecified atom stereocenters. The van der Waals surface area contributed by atoms with Crippen LogP contribution in [0.3, 0.4) is 0 Å². The largest absolute Gasteiger partial charge is 0.388 e. The molecule has 16 heteroatoms. The number of nitrogens with one attached hydrogen (secondary N) is 1. The van der Waals surface area contributed by atoms with Crippen LogP contribution in [0.5, 0.6) is 0 Å². The predicted octanol–water partition coefficient (Wildman–Crippen LogP) is 8.99. The molecule has 1 heterocycles. The third-order valence-corrected chi connectivity index (χ3v) is 3.75. The second-order valence-electron chi connectivity index (χ2n) is 2.67. The Balaban J connectivity index is -0.0000000309. The average molecular weight is 644 g/mol. The van der Waals surface area contributed by atoms with Crippen LogP contribution in [0.4, 0.5) is 0 Å². The van der Waals surface area contributed by atoms with Gasteiger partial charge in [0.05, 0.1) is 5.84 Å². The van der Waals surface area contributed by atoms with Crippen molar-refractivity contribution >= 4 is 148 Å². The van der Waals surface area contributed by atoms with Gasteiger partial charge in [0.15, 0.2) is 0 Å². The van der Waals surface area contributed by atoms with E-state index in [0.717, 1.165) is 5.82 Å². The van der Waals surface area contributed by atoms with Gasteiger partial charge in [-0.2, -0.15) is 4.37 Å². The van der Waals surface area contributed by atoms with Gasteiger partial charge in [0, 0.05) is 37.0 Å². The van der Waals surface area contributed by atoms with Crippen molar-refractivity contribution in [2.75, 3.05) is 0 Å². The van der Waals surface area contributed by atoms with E-state index in [9.17, 15) is 0 Å². The molecule has 0 atom stereocenters. The molecule has 3 N–H and O–H groups in total. The summed E-state index contributed by atoms with van der Waals surface area (Å²) in [4.78, 5) is 3.78. The Bertz CT molecular complexity index is 504. The number of hydrogen-bond donors (Lipinski definition) is 2. The Hall–Kier alpha value is 1.04. The van der Waals surface area contributed by atoms with E-state index >= 15 is 0 Å². The van der Waals surface area contributed by atoms with Crippen molar-refractivity contribution in [3.63, 3.8) is 0 Å². The minimum atomic E-state index is -1.36. The molecule has 0 aliphatic carbocycles. The molecule has 0 amide bonds. The zero-order chi connectivity index (χ0) is 23.5. The van der Waals surface area contributed by atoms with Gasteiger partial charge in [-0.05, 0) is 79.0 Å². The first-order valence-corrected chi connectivity index (χ1v) is 11.3. The standard InChI is InChI=1S/C3H3ClN2S.C3H4.C2H6N2.C2H2.CCl4S.CS2.CH4.Cl2.ClH/c1-2-5-3(4)7-6-2;1-3-2;1-2(3)4;1-2;2-1(3,4)6-5;2-1-3;;1-2;/h1H3;1H,2H3;1H3,(H3,3,4);1-2H;;;1H4;;1H. The average Bonchev–Trinajstić information content (AvgIpc) is 2.95. The normalized spacial score (nSPS) is 6.45. The minimum Gasteiger partial charge on any atom is -0.388 e. The fraction of sp³-hybridized carbons (Fsp3) is 0.385. The molecule has 1 aromatic rings. The summed E-state index contributed by atoms with van der Waals surface area (Å²) in [5.41, 5.74) is 4.69. The molecular weight excluding hydrogens is 624 g/mol. The summed E-state index contributed by atoms with van der Waals surface area (Å²) in [5.74, 6) is 3.16. The first-order chi connectivity index (χ1) is 12.4. The van der Waals surface area contributed by atoms with Crippen molar-refractivity contribution in [3.05, 3.63) is 10.3 Å². The summed E-state index contributed by atoms with van der Waals surface area (Å²) in [5, 5.41) is 6.28. The zero-order valence-corrected chi connectivity index (χ0v) is 23.8. The molecule has 1 rings (SSSR count). The van der Waals surface area contributed by atoms with Crippen molar-refractivity contribution < 1.29 is 0 Å². The number of aromatic nitrogens is 2. The minimum absolute atomic E-state index is 0. The van der Waals surface area contributed by atoms with Crippen LogP contribution >= 0.6 is 138 Å². The lowest BCUT2D eigenvalue weighted by molar-refractivity contribution is 1.17. The van der Waals surface area contributed by atoms with Gasteiger partial charge in [-0.15, -0.1) is 37.6 Å². The first kappa shape index (κ1) is 52.2. The van der Waals surface area contributed by atoms with Crippen molar-refractivity contribution in [1.29, 1.82) is 5.41 Å². The van der Waals surface area contributed by atoms with Crippen LogP contribution < -0.4 is 5.73 Å². The van der Waals surface area contributed by atoms with Gasteiger partial charge < -0.3 is 5.73 Å². The number of hydrogen-bond acceptors (Lipinski definition) is 7. The van der Waals surface area contributed by atoms with Crippen LogP contribution in [-0.4, -0.2) is 22.6 Å². The highest BCUT2D eigenvalue weighted by Crippen LogP contribution is 2.40. The van der Waals surface area contributed by atoms with Crippen LogP contribution in [0.2, 0.25) is 4.47 Å². The summed E-state index contributed by atoms with van der Waals surface area (Å²) < 4.78 is 4.88. The Kier molecular flexibility index (Phi) is 84.5. The smallest absolute Gasteiger partial charge is 0.251 e. The molecule has 0 aromatic carbocycles. The lowest BCUT2D eigenvalue weighted by Crippen LogP contribution is -2.00. The molecule has 0 aliphatic heterocycles. The monoisotopic (exact) mass is 640 g/mol. The fourth-order valence-electron chi connectivity index (χ4n) is 0.272. The van der Waals surface area contributed by atoms with Crippen molar-refractivity contribution in [2.24, 2.45) is 5.73 Å². The lowest BCUT2D eigenvalue weighted by Gasteiger charge is -1.99. The van der Waals surface area contributed by atoms with E-state index in [1.54, 1.807) is 6.92 Å². The van der Waals surface area contributed by atoms with Crippen LogP contribution in [0.1, 0.15) is 27.1 Å². The van der Waals surface area contributed by atoms with E-state index in [-0.39, 0.29) is 25.7 Å². The molecule has 0 spiro atoms. The van der Waals surface area contributed by atoms with Crippen molar-refractivity contribution in [3.8, 4) is 25.2 Å². The van der Waals surface area contributed by atoms with Crippen LogP contribution in [-0.2, 0) is 0 Å². The van der Waals surface area contributed by atoms with Gasteiger partial charge in [0.1, 0.15) is 5.82 Å². The highest BCUT2D eigenvalue weighted by atomic mass is 36.5. The Morgan fingerprint density at radius 3 is 1.52 bits per heavy atom. The van der Waals surface area contributed by atoms with Gasteiger partial charge in [-0.1, -0.05) is 42.2 Å². The van der Waals surface area contributed by atoms with Crippen molar-refractivity contribution in [1.82, 2.24) is 9.36 Å². The summed E-state index contributed by atoms with van der Waals surface area (Å²) in [6, 6.07) is 0. The van der Waals surface area contributed by atoms with Gasteiger partial charge in [0.25, 0.3) is 3.12 Å². The van der Waals surface area contributed by atoms with E-state index in [0.29, 0.717) is 15.4 Å². The molecule has 0 saturated heterocycles. The molecule has 0 bridgehead atoms. The fourth-order valence-corrected chi connectivity index (χ4v) is 0.919. The van der Waals surface area contributed by atoms with Gasteiger partial charge in [-0.25, -0.2) is 4.98 Å². The number of nitrogens with two attached hydrogens (primary N) is 1. The summed E-state index contributed by atoms with van der Waals surface area (Å²) in [7, 11) is 13.9. The number of alkyl halides is 3. The number of thiocarbonyl (C=S) groups is 2. The highest BCUT2D eigenvalue weighted by molar-refractivity contribution is 8.24. The Morgan fingerprint density at radius 1 is 1.28 bits per heavy atom. The second kappa shape index (κ2) is 47.0. The third-order valence-electron chi connectivity index (χ3n) is 0.590. The third kappa shape index (κ3) is 125. The summed E-state index contributed by atoms with van der Waals surface area (Å²) >= 11 is 29.8. The maximum atomic E-state index is 6.28. The molecule has 1 aromatic heterocycles. The highest BCUT2D eigenvalue weighted by Gasteiger charge is 2.17. The quantitative estimate of drug-likeness (QED) is 0.0966. The summed E-state index contributed by atoms with van der Waals surface area (Å²) in [6.45, 7) is 4.99. The molecule has 172 valence electrons. The molecule has 0 saturated carbocycles. The first-order valence-electron chi connectivity index (χ1n) is 5.38. The maximum absolute atomic E-state index is 6.28. The molecule has 4 nitrogen and oxygen atoms in total. The van der Waals surface area contributed by atoms with E-state index < -0.39 is 3.12 Å². The second-order valence-corrected chi connectivity index (χ2v) is 8.86. The van der Waals surface area contributed by atoms with E-state index in [1.165, 1.54) is 18.5 Å².